The molecule has 0 bridgehead atoms. The van der Waals surface area contributed by atoms with Gasteiger partial charge in [0.15, 0.2) is 5.75 Å². The van der Waals surface area contributed by atoms with Crippen molar-refractivity contribution >= 4 is 17.4 Å². The van der Waals surface area contributed by atoms with Gasteiger partial charge in [-0.3, -0.25) is 9.59 Å². The molecule has 4 N–H and O–H groups in total. The van der Waals surface area contributed by atoms with Crippen LogP contribution in [0.25, 0.3) is 0 Å². The summed E-state index contributed by atoms with van der Waals surface area (Å²) in [6, 6.07) is 14.8. The second kappa shape index (κ2) is 15.5. The molecule has 0 radical (unpaired) electrons. The number of phenols is 1. The fraction of sp³-hybridized carbons (Fsp3) is 0.400. The van der Waals surface area contributed by atoms with Crippen LogP contribution in [0.5, 0.6) is 5.75 Å². The molecule has 3 aliphatic rings. The number of Topliss-reactive ketones (excluding diaryl/α,β-unsaturated/α-hetero) is 1. The number of benzene rings is 2. The van der Waals surface area contributed by atoms with Crippen LogP contribution in [0, 0.1) is 0 Å². The highest BCUT2D eigenvalue weighted by atomic mass is 16.3. The number of amides is 1. The molecule has 0 atom stereocenters. The molecular formula is C30H41N3O4. The minimum atomic E-state index is -0.212. The van der Waals surface area contributed by atoms with E-state index in [4.69, 9.17) is 5.11 Å². The van der Waals surface area contributed by atoms with E-state index in [1.165, 1.54) is 25.7 Å². The van der Waals surface area contributed by atoms with Crippen LogP contribution in [0.2, 0.25) is 0 Å². The van der Waals surface area contributed by atoms with Crippen LogP contribution in [-0.4, -0.2) is 47.0 Å². The molecule has 0 spiro atoms. The first-order valence-corrected chi connectivity index (χ1v) is 13.2. The van der Waals surface area contributed by atoms with E-state index in [0.717, 1.165) is 25.5 Å². The fourth-order valence-electron chi connectivity index (χ4n) is 3.86. The highest BCUT2D eigenvalue weighted by Crippen LogP contribution is 2.34. The number of allylic oxidation sites excluding steroid dienone is 2. The van der Waals surface area contributed by atoms with Crippen molar-refractivity contribution in [2.75, 3.05) is 25.5 Å². The molecule has 2 aromatic carbocycles. The van der Waals surface area contributed by atoms with Gasteiger partial charge in [-0.1, -0.05) is 82.5 Å². The summed E-state index contributed by atoms with van der Waals surface area (Å²) in [4.78, 5) is 26.7. The number of hydrogen-bond acceptors (Lipinski definition) is 6. The number of nitrogens with zero attached hydrogens (tertiary/aromatic N) is 1. The molecule has 7 nitrogen and oxygen atoms in total. The smallest absolute Gasteiger partial charge is 0.257 e. The first kappa shape index (κ1) is 29.6. The number of phenolic OH excluding ortho intramolecular Hbond substituents is 1. The van der Waals surface area contributed by atoms with Gasteiger partial charge >= 0.3 is 0 Å². The van der Waals surface area contributed by atoms with Crippen LogP contribution < -0.4 is 10.6 Å². The average Bonchev–Trinajstić information content (AvgIpc) is 3.45. The van der Waals surface area contributed by atoms with E-state index in [2.05, 4.69) is 17.2 Å². The summed E-state index contributed by atoms with van der Waals surface area (Å²) in [5, 5.41) is 23.9. The van der Waals surface area contributed by atoms with Gasteiger partial charge in [0.25, 0.3) is 5.91 Å². The fourth-order valence-corrected chi connectivity index (χ4v) is 3.86. The second-order valence-electron chi connectivity index (χ2n) is 8.64. The van der Waals surface area contributed by atoms with E-state index in [-0.39, 0.29) is 23.0 Å². The first-order valence-electron chi connectivity index (χ1n) is 13.2. The van der Waals surface area contributed by atoms with Gasteiger partial charge in [-0.05, 0) is 30.5 Å². The van der Waals surface area contributed by atoms with Gasteiger partial charge in [0.1, 0.15) is 5.70 Å². The van der Waals surface area contributed by atoms with Crippen molar-refractivity contribution in [3.63, 3.8) is 0 Å². The molecule has 5 rings (SSSR count). The van der Waals surface area contributed by atoms with Crippen LogP contribution in [0.4, 0.5) is 5.69 Å². The summed E-state index contributed by atoms with van der Waals surface area (Å²) in [5.74, 6) is -0.551. The maximum Gasteiger partial charge on any atom is 0.257 e. The Balaban J connectivity index is 0.000000529. The number of anilines is 1. The van der Waals surface area contributed by atoms with Crippen molar-refractivity contribution in [1.82, 2.24) is 10.2 Å². The van der Waals surface area contributed by atoms with Crippen LogP contribution in [0.15, 0.2) is 72.1 Å². The molecule has 2 fully saturated rings. The predicted molar refractivity (Wildman–Crippen MR) is 149 cm³/mol. The quantitative estimate of drug-likeness (QED) is 0.310. The zero-order valence-electron chi connectivity index (χ0n) is 22.3. The molecule has 0 aromatic heterocycles. The first-order chi connectivity index (χ1) is 18.1. The highest BCUT2D eigenvalue weighted by Gasteiger charge is 2.33. The number of aromatic hydroxyl groups is 1. The minimum Gasteiger partial charge on any atom is -0.505 e. The van der Waals surface area contributed by atoms with Crippen LogP contribution >= 0.6 is 0 Å². The van der Waals surface area contributed by atoms with E-state index in [9.17, 15) is 14.7 Å². The predicted octanol–water partition coefficient (Wildman–Crippen LogP) is 5.38. The largest absolute Gasteiger partial charge is 0.505 e. The Kier molecular flexibility index (Phi) is 12.4. The number of aliphatic hydroxyl groups is 1. The summed E-state index contributed by atoms with van der Waals surface area (Å²) in [6.07, 6.45) is 7.95. The number of aliphatic hydroxyl groups excluding tert-OH is 1. The van der Waals surface area contributed by atoms with Crippen molar-refractivity contribution in [3.8, 4) is 5.75 Å². The second-order valence-corrected chi connectivity index (χ2v) is 8.64. The molecule has 1 saturated heterocycles. The zero-order chi connectivity index (χ0) is 27.2. The lowest BCUT2D eigenvalue weighted by Gasteiger charge is -2.27. The Bertz CT molecular complexity index is 1070. The molecule has 1 saturated carbocycles. The van der Waals surface area contributed by atoms with Gasteiger partial charge in [-0.2, -0.15) is 0 Å². The molecule has 1 amide bonds. The van der Waals surface area contributed by atoms with Crippen LogP contribution in [-0.2, 0) is 11.3 Å². The van der Waals surface area contributed by atoms with E-state index in [1.807, 2.05) is 44.2 Å². The van der Waals surface area contributed by atoms with E-state index < -0.39 is 0 Å². The maximum absolute atomic E-state index is 12.7. The van der Waals surface area contributed by atoms with Gasteiger partial charge in [0.2, 0.25) is 5.78 Å². The normalized spacial score (nSPS) is 15.5. The van der Waals surface area contributed by atoms with E-state index in [0.29, 0.717) is 42.3 Å². The van der Waals surface area contributed by atoms with Gasteiger partial charge in [0.05, 0.1) is 16.9 Å². The third-order valence-corrected chi connectivity index (χ3v) is 6.28. The van der Waals surface area contributed by atoms with Crippen LogP contribution in [0.3, 0.4) is 0 Å². The summed E-state index contributed by atoms with van der Waals surface area (Å²) < 4.78 is 0. The number of rotatable bonds is 6. The zero-order valence-corrected chi connectivity index (χ0v) is 22.3. The van der Waals surface area contributed by atoms with Crippen molar-refractivity contribution in [1.29, 1.82) is 0 Å². The summed E-state index contributed by atoms with van der Waals surface area (Å²) >= 11 is 0. The van der Waals surface area contributed by atoms with Gasteiger partial charge in [-0.25, -0.2) is 0 Å². The van der Waals surface area contributed by atoms with E-state index in [1.54, 1.807) is 23.1 Å². The average molecular weight is 508 g/mol. The molecule has 1 heterocycles. The monoisotopic (exact) mass is 507 g/mol. The Morgan fingerprint density at radius 1 is 0.892 bits per heavy atom. The molecule has 0 unspecified atom stereocenters. The molecule has 7 heteroatoms. The minimum absolute atomic E-state index is 0.148. The summed E-state index contributed by atoms with van der Waals surface area (Å²) in [7, 11) is 1.00. The molecule has 200 valence electrons. The molecule has 2 aliphatic carbocycles. The number of likely N-dealkylation sites (tertiary alicyclic amines) is 1. The number of carbonyl (C=O) groups is 2. The number of carbonyl (C=O) groups excluding carboxylic acids is 2. The third-order valence-electron chi connectivity index (χ3n) is 6.28. The highest BCUT2D eigenvalue weighted by molar-refractivity contribution is 6.21. The topological polar surface area (TPSA) is 102 Å². The van der Waals surface area contributed by atoms with Gasteiger partial charge in [0, 0.05) is 32.3 Å². The lowest BCUT2D eigenvalue weighted by Crippen LogP contribution is -2.34. The lowest BCUT2D eigenvalue weighted by atomic mass is 9.92. The van der Waals surface area contributed by atoms with E-state index >= 15 is 0 Å². The third kappa shape index (κ3) is 7.70. The molecule has 2 aromatic rings. The van der Waals surface area contributed by atoms with Crippen molar-refractivity contribution in [3.05, 3.63) is 83.2 Å². The van der Waals surface area contributed by atoms with Crippen LogP contribution in [0.1, 0.15) is 68.3 Å². The Hall–Kier alpha value is -3.58. The molecule has 1 aliphatic heterocycles. The van der Waals surface area contributed by atoms with Crippen molar-refractivity contribution in [2.45, 2.75) is 58.9 Å². The molecular weight excluding hydrogens is 466 g/mol. The molecule has 37 heavy (non-hydrogen) atoms. The number of nitrogens with one attached hydrogen (secondary N) is 2. The Morgan fingerprint density at radius 3 is 2.05 bits per heavy atom. The number of hydrogen-bond donors (Lipinski definition) is 4. The summed E-state index contributed by atoms with van der Waals surface area (Å²) in [5.41, 5.74) is 2.99. The Morgan fingerprint density at radius 2 is 1.49 bits per heavy atom. The van der Waals surface area contributed by atoms with Gasteiger partial charge < -0.3 is 25.7 Å². The maximum atomic E-state index is 12.7. The van der Waals surface area contributed by atoms with Crippen molar-refractivity contribution in [2.24, 2.45) is 0 Å². The number of ketones is 1. The lowest BCUT2D eigenvalue weighted by molar-refractivity contribution is -0.113. The number of para-hydroxylation sites is 1. The van der Waals surface area contributed by atoms with Gasteiger partial charge in [-0.15, -0.1) is 0 Å². The Labute approximate surface area is 220 Å². The van der Waals surface area contributed by atoms with Crippen molar-refractivity contribution < 1.29 is 19.8 Å². The SMILES string of the molecule is C1CCC1.C=C1C(=O)C(Nc2cccc(C(=O)N3CCCC3)c2O)=C1NCc1ccccc1.CC.CO. The standard InChI is InChI=1S/C23H23N3O3.C4H8.C2H6.CH4O/c1-15-19(24-14-16-8-3-2-4-9-16)20(21(15)27)25-18-11-7-10-17(22(18)28)23(29)26-12-5-6-13-26;1-2-4-3-1;2*1-2/h2-4,7-11,24-25,28H,1,5-6,12-14H2;1-4H2;1-2H3;2H,1H3. The summed E-state index contributed by atoms with van der Waals surface area (Å²) in [6.45, 7) is 9.77.